The van der Waals surface area contributed by atoms with Crippen molar-refractivity contribution in [3.63, 3.8) is 0 Å². The molecule has 0 bridgehead atoms. The second kappa shape index (κ2) is 4.84. The molecule has 0 aliphatic carbocycles. The van der Waals surface area contributed by atoms with E-state index in [1.165, 1.54) is 11.1 Å². The van der Waals surface area contributed by atoms with E-state index in [9.17, 15) is 0 Å². The minimum absolute atomic E-state index is 0.989. The molecule has 0 aliphatic heterocycles. The Morgan fingerprint density at radius 3 is 2.89 bits per heavy atom. The summed E-state index contributed by atoms with van der Waals surface area (Å²) in [7, 11) is 0. The summed E-state index contributed by atoms with van der Waals surface area (Å²) in [6.45, 7) is 4.21. The summed E-state index contributed by atoms with van der Waals surface area (Å²) in [5, 5.41) is 1.17. The van der Waals surface area contributed by atoms with Gasteiger partial charge in [-0.05, 0) is 25.5 Å². The molecule has 0 spiro atoms. The molecule has 0 unspecified atom stereocenters. The molecule has 0 amide bonds. The number of benzene rings is 1. The van der Waals surface area contributed by atoms with Gasteiger partial charge in [0, 0.05) is 29.9 Å². The van der Waals surface area contributed by atoms with Crippen LogP contribution in [0.5, 0.6) is 0 Å². The smallest absolute Gasteiger partial charge is 0.113 e. The molecule has 2 aromatic heterocycles. The van der Waals surface area contributed by atoms with Gasteiger partial charge in [-0.2, -0.15) is 0 Å². The van der Waals surface area contributed by atoms with Crippen LogP contribution in [0.25, 0.3) is 16.6 Å². The van der Waals surface area contributed by atoms with Crippen LogP contribution in [-0.2, 0) is 6.42 Å². The number of aromatic nitrogens is 3. The molecule has 3 nitrogen and oxygen atoms in total. The van der Waals surface area contributed by atoms with E-state index < -0.39 is 0 Å². The Bertz CT molecular complexity index is 713. The molecule has 0 N–H and O–H groups in total. The molecule has 3 heteroatoms. The molecule has 0 atom stereocenters. The maximum Gasteiger partial charge on any atom is 0.113 e. The Labute approximate surface area is 112 Å². The van der Waals surface area contributed by atoms with Crippen LogP contribution in [0.3, 0.4) is 0 Å². The molecular weight excluding hydrogens is 234 g/mol. The molecule has 0 radical (unpaired) electrons. The number of aryl methyl sites for hydroxylation is 2. The number of hydrogen-bond acceptors (Lipinski definition) is 2. The third-order valence-electron chi connectivity index (χ3n) is 3.27. The van der Waals surface area contributed by atoms with E-state index in [4.69, 9.17) is 0 Å². The van der Waals surface area contributed by atoms with Crippen molar-refractivity contribution in [1.82, 2.24) is 14.5 Å². The zero-order valence-corrected chi connectivity index (χ0v) is 11.3. The summed E-state index contributed by atoms with van der Waals surface area (Å²) in [6, 6.07) is 10.4. The molecule has 3 rings (SSSR count). The summed E-state index contributed by atoms with van der Waals surface area (Å²) >= 11 is 0. The minimum atomic E-state index is 0.989. The molecule has 3 aromatic rings. The number of hydrogen-bond donors (Lipinski definition) is 0. The van der Waals surface area contributed by atoms with Crippen molar-refractivity contribution in [1.29, 1.82) is 0 Å². The van der Waals surface area contributed by atoms with Crippen LogP contribution in [0.1, 0.15) is 24.9 Å². The maximum absolute atomic E-state index is 4.59. The number of fused-ring (bicyclic) bond motifs is 1. The lowest BCUT2D eigenvalue weighted by molar-refractivity contribution is 0.810. The highest BCUT2D eigenvalue weighted by atomic mass is 15.1. The van der Waals surface area contributed by atoms with Crippen LogP contribution in [0.15, 0.2) is 42.7 Å². The Kier molecular flexibility index (Phi) is 3.03. The first-order chi connectivity index (χ1) is 9.29. The first-order valence-electron chi connectivity index (χ1n) is 6.68. The highest BCUT2D eigenvalue weighted by Crippen LogP contribution is 2.23. The molecule has 0 fully saturated rings. The average Bonchev–Trinajstić information content (AvgIpc) is 2.86. The number of nitrogens with zero attached hydrogens (tertiary/aromatic N) is 3. The second-order valence-electron chi connectivity index (χ2n) is 4.76. The van der Waals surface area contributed by atoms with E-state index in [1.807, 2.05) is 25.4 Å². The third-order valence-corrected chi connectivity index (χ3v) is 3.27. The van der Waals surface area contributed by atoms with Gasteiger partial charge >= 0.3 is 0 Å². The average molecular weight is 251 g/mol. The lowest BCUT2D eigenvalue weighted by Crippen LogP contribution is -2.02. The fourth-order valence-electron chi connectivity index (χ4n) is 2.45. The summed E-state index contributed by atoms with van der Waals surface area (Å²) < 4.78 is 2.18. The van der Waals surface area contributed by atoms with Gasteiger partial charge in [0.25, 0.3) is 0 Å². The first kappa shape index (κ1) is 11.9. The van der Waals surface area contributed by atoms with E-state index in [0.29, 0.717) is 0 Å². The molecule has 0 saturated heterocycles. The zero-order chi connectivity index (χ0) is 13.2. The van der Waals surface area contributed by atoms with E-state index in [0.717, 1.165) is 29.9 Å². The van der Waals surface area contributed by atoms with Crippen LogP contribution in [0.4, 0.5) is 0 Å². The van der Waals surface area contributed by atoms with E-state index in [-0.39, 0.29) is 0 Å². The van der Waals surface area contributed by atoms with Crippen molar-refractivity contribution in [3.05, 3.63) is 54.2 Å². The van der Waals surface area contributed by atoms with Gasteiger partial charge in [0.1, 0.15) is 5.82 Å². The van der Waals surface area contributed by atoms with Crippen LogP contribution >= 0.6 is 0 Å². The van der Waals surface area contributed by atoms with E-state index in [1.54, 1.807) is 0 Å². The van der Waals surface area contributed by atoms with Gasteiger partial charge < -0.3 is 4.57 Å². The number of rotatable bonds is 3. The van der Waals surface area contributed by atoms with E-state index in [2.05, 4.69) is 45.7 Å². The fraction of sp³-hybridized carbons (Fsp3) is 0.250. The number of para-hydroxylation sites is 1. The molecule has 0 saturated carbocycles. The minimum Gasteiger partial charge on any atom is -0.303 e. The molecule has 19 heavy (non-hydrogen) atoms. The molecular formula is C16H17N3. The third kappa shape index (κ3) is 2.12. The van der Waals surface area contributed by atoms with Crippen LogP contribution < -0.4 is 0 Å². The van der Waals surface area contributed by atoms with Crippen LogP contribution in [0.2, 0.25) is 0 Å². The number of imidazole rings is 1. The largest absolute Gasteiger partial charge is 0.303 e. The van der Waals surface area contributed by atoms with Gasteiger partial charge in [-0.25, -0.2) is 4.98 Å². The van der Waals surface area contributed by atoms with Crippen molar-refractivity contribution in [2.75, 3.05) is 0 Å². The predicted molar refractivity (Wildman–Crippen MR) is 77.6 cm³/mol. The Balaban J connectivity index is 2.26. The standard InChI is InChI=1S/C16H17N3/c1-3-6-16-17-9-10-19(16)15-11-12(2)18-14-8-5-4-7-13(14)15/h4-5,7-11H,3,6H2,1-2H3. The summed E-state index contributed by atoms with van der Waals surface area (Å²) in [4.78, 5) is 9.05. The Hall–Kier alpha value is -2.16. The highest BCUT2D eigenvalue weighted by Gasteiger charge is 2.09. The van der Waals surface area contributed by atoms with Crippen LogP contribution in [0, 0.1) is 6.92 Å². The quantitative estimate of drug-likeness (QED) is 0.711. The van der Waals surface area contributed by atoms with Gasteiger partial charge in [-0.1, -0.05) is 25.1 Å². The topological polar surface area (TPSA) is 30.7 Å². The lowest BCUT2D eigenvalue weighted by atomic mass is 10.1. The molecule has 2 heterocycles. The van der Waals surface area contributed by atoms with Gasteiger partial charge in [0.2, 0.25) is 0 Å². The van der Waals surface area contributed by atoms with Crippen LogP contribution in [-0.4, -0.2) is 14.5 Å². The normalized spacial score (nSPS) is 11.1. The second-order valence-corrected chi connectivity index (χ2v) is 4.76. The monoisotopic (exact) mass is 251 g/mol. The molecule has 96 valence electrons. The molecule has 0 aliphatic rings. The maximum atomic E-state index is 4.59. The van der Waals surface area contributed by atoms with Gasteiger partial charge in [-0.15, -0.1) is 0 Å². The van der Waals surface area contributed by atoms with Crippen molar-refractivity contribution >= 4 is 10.9 Å². The fourth-order valence-corrected chi connectivity index (χ4v) is 2.45. The first-order valence-corrected chi connectivity index (χ1v) is 6.68. The Morgan fingerprint density at radius 1 is 1.21 bits per heavy atom. The van der Waals surface area contributed by atoms with Crippen molar-refractivity contribution in [2.45, 2.75) is 26.7 Å². The SMILES string of the molecule is CCCc1nccn1-c1cc(C)nc2ccccc12. The van der Waals surface area contributed by atoms with Gasteiger partial charge in [0.05, 0.1) is 11.2 Å². The molecule has 1 aromatic carbocycles. The van der Waals surface area contributed by atoms with Gasteiger partial charge in [-0.3, -0.25) is 4.98 Å². The summed E-state index contributed by atoms with van der Waals surface area (Å²) in [5.41, 5.74) is 3.24. The summed E-state index contributed by atoms with van der Waals surface area (Å²) in [6.07, 6.45) is 5.99. The van der Waals surface area contributed by atoms with Crippen molar-refractivity contribution < 1.29 is 0 Å². The van der Waals surface area contributed by atoms with Gasteiger partial charge in [0.15, 0.2) is 0 Å². The summed E-state index contributed by atoms with van der Waals surface area (Å²) in [5.74, 6) is 1.11. The highest BCUT2D eigenvalue weighted by molar-refractivity contribution is 5.87. The predicted octanol–water partition coefficient (Wildman–Crippen LogP) is 3.68. The zero-order valence-electron chi connectivity index (χ0n) is 11.3. The lowest BCUT2D eigenvalue weighted by Gasteiger charge is -2.11. The Morgan fingerprint density at radius 2 is 2.05 bits per heavy atom. The van der Waals surface area contributed by atoms with Crippen molar-refractivity contribution in [2.24, 2.45) is 0 Å². The number of pyridine rings is 1. The van der Waals surface area contributed by atoms with E-state index >= 15 is 0 Å². The van der Waals surface area contributed by atoms with Crippen molar-refractivity contribution in [3.8, 4) is 5.69 Å².